The number of hydrogen-bond donors (Lipinski definition) is 1. The maximum Gasteiger partial charge on any atom is 0.278 e. The van der Waals surface area contributed by atoms with E-state index in [9.17, 15) is 9.59 Å². The van der Waals surface area contributed by atoms with Crippen LogP contribution in [-0.2, 0) is 9.59 Å². The molecule has 0 radical (unpaired) electrons. The molecule has 0 saturated heterocycles. The Hall–Kier alpha value is -0.970. The van der Waals surface area contributed by atoms with E-state index in [0.717, 1.165) is 4.90 Å². The second-order valence-electron chi connectivity index (χ2n) is 2.67. The lowest BCUT2D eigenvalue weighted by Crippen LogP contribution is -2.28. The molecule has 0 aromatic carbocycles. The number of amides is 2. The van der Waals surface area contributed by atoms with Gasteiger partial charge in [-0.3, -0.25) is 14.5 Å². The summed E-state index contributed by atoms with van der Waals surface area (Å²) >= 11 is 3.97. The lowest BCUT2D eigenvalue weighted by Gasteiger charge is -2.11. The fourth-order valence-electron chi connectivity index (χ4n) is 1.15. The highest BCUT2D eigenvalue weighted by Gasteiger charge is 2.34. The minimum atomic E-state index is -0.296. The molecule has 0 aromatic rings. The monoisotopic (exact) mass is 186 g/mol. The highest BCUT2D eigenvalue weighted by atomic mass is 32.1. The van der Waals surface area contributed by atoms with E-state index < -0.39 is 0 Å². The number of carbonyl (C=O) groups is 2. The summed E-state index contributed by atoms with van der Waals surface area (Å²) in [5.74, 6) is -0.550. The van der Waals surface area contributed by atoms with Gasteiger partial charge in [-0.15, -0.1) is 0 Å². The summed E-state index contributed by atoms with van der Waals surface area (Å²) in [6.07, 6.45) is 0. The Morgan fingerprint density at radius 2 is 1.83 bits per heavy atom. The van der Waals surface area contributed by atoms with Gasteiger partial charge in [-0.25, -0.2) is 0 Å². The summed E-state index contributed by atoms with van der Waals surface area (Å²) in [5.41, 5.74) is 0.797. The molecule has 0 aliphatic carbocycles. The third kappa shape index (κ3) is 1.10. The van der Waals surface area contributed by atoms with Crippen LogP contribution in [-0.4, -0.2) is 35.1 Å². The summed E-state index contributed by atoms with van der Waals surface area (Å²) in [6.45, 7) is 1.62. The summed E-state index contributed by atoms with van der Waals surface area (Å²) in [6, 6.07) is 0. The fourth-order valence-corrected chi connectivity index (χ4v) is 1.38. The normalized spacial score (nSPS) is 17.8. The van der Waals surface area contributed by atoms with E-state index in [1.165, 1.54) is 11.4 Å². The van der Waals surface area contributed by atoms with E-state index in [2.05, 4.69) is 12.8 Å². The third-order valence-electron chi connectivity index (χ3n) is 1.81. The number of imide groups is 1. The van der Waals surface area contributed by atoms with Crippen LogP contribution in [0.2, 0.25) is 0 Å². The Balaban J connectivity index is 3.13. The van der Waals surface area contributed by atoms with Gasteiger partial charge in [0, 0.05) is 19.7 Å². The molecule has 0 aromatic heterocycles. The number of hydrogen-bond acceptors (Lipinski definition) is 4. The van der Waals surface area contributed by atoms with Gasteiger partial charge in [0.1, 0.15) is 5.70 Å². The molecule has 12 heavy (non-hydrogen) atoms. The topological polar surface area (TPSA) is 40.6 Å². The van der Waals surface area contributed by atoms with Gasteiger partial charge in [0.05, 0.1) is 0 Å². The number of thiol groups is 1. The van der Waals surface area contributed by atoms with Crippen molar-refractivity contribution in [2.24, 2.45) is 0 Å². The Bertz CT molecular complexity index is 283. The van der Waals surface area contributed by atoms with Crippen LogP contribution in [0, 0.1) is 0 Å². The van der Waals surface area contributed by atoms with Crippen LogP contribution in [0.5, 0.6) is 0 Å². The lowest BCUT2D eigenvalue weighted by molar-refractivity contribution is -0.136. The van der Waals surface area contributed by atoms with Crippen molar-refractivity contribution in [3.63, 3.8) is 0 Å². The summed E-state index contributed by atoms with van der Waals surface area (Å²) in [5, 5.41) is 0. The number of rotatable bonds is 1. The highest BCUT2D eigenvalue weighted by Crippen LogP contribution is 2.21. The van der Waals surface area contributed by atoms with E-state index in [1.807, 2.05) is 0 Å². The molecule has 0 atom stereocenters. The van der Waals surface area contributed by atoms with Gasteiger partial charge < -0.3 is 4.31 Å². The van der Waals surface area contributed by atoms with Gasteiger partial charge in [0.15, 0.2) is 0 Å². The number of carbonyl (C=O) groups excluding carboxylic acids is 2. The smallest absolute Gasteiger partial charge is 0.278 e. The molecule has 4 nitrogen and oxygen atoms in total. The molecular weight excluding hydrogens is 176 g/mol. The first-order chi connectivity index (χ1) is 5.46. The standard InChI is InChI=1S/C7H10N2O2S/c1-4-5(9(3)12)7(11)8(2)6(4)10/h12H,1-3H3. The summed E-state index contributed by atoms with van der Waals surface area (Å²) < 4.78 is 1.36. The van der Waals surface area contributed by atoms with E-state index in [4.69, 9.17) is 0 Å². The molecule has 0 fully saturated rings. The second kappa shape index (κ2) is 2.82. The molecule has 1 rings (SSSR count). The van der Waals surface area contributed by atoms with Crippen molar-refractivity contribution >= 4 is 24.6 Å². The van der Waals surface area contributed by atoms with Crippen molar-refractivity contribution in [1.82, 2.24) is 9.21 Å². The van der Waals surface area contributed by atoms with Crippen LogP contribution < -0.4 is 0 Å². The van der Waals surface area contributed by atoms with Gasteiger partial charge in [-0.2, -0.15) is 0 Å². The first kappa shape index (κ1) is 9.12. The average molecular weight is 186 g/mol. The van der Waals surface area contributed by atoms with E-state index in [0.29, 0.717) is 11.3 Å². The zero-order valence-electron chi connectivity index (χ0n) is 7.16. The summed E-state index contributed by atoms with van der Waals surface area (Å²) in [7, 11) is 3.07. The zero-order valence-corrected chi connectivity index (χ0v) is 8.05. The average Bonchev–Trinajstić information content (AvgIpc) is 2.16. The second-order valence-corrected chi connectivity index (χ2v) is 3.27. The highest BCUT2D eigenvalue weighted by molar-refractivity contribution is 7.77. The van der Waals surface area contributed by atoms with Gasteiger partial charge in [-0.05, 0) is 6.92 Å². The lowest BCUT2D eigenvalue weighted by atomic mass is 10.3. The first-order valence-electron chi connectivity index (χ1n) is 3.42. The molecule has 0 unspecified atom stereocenters. The SMILES string of the molecule is CC1=C(N(C)S)C(=O)N(C)C1=O. The Kier molecular flexibility index (Phi) is 2.14. The molecule has 2 amide bonds. The number of nitrogens with zero attached hydrogens (tertiary/aromatic N) is 2. The minimum absolute atomic E-state index is 0.254. The van der Waals surface area contributed by atoms with Gasteiger partial charge in [-0.1, -0.05) is 12.8 Å². The van der Waals surface area contributed by atoms with Gasteiger partial charge in [0.25, 0.3) is 11.8 Å². The predicted molar refractivity (Wildman–Crippen MR) is 47.2 cm³/mol. The molecule has 5 heteroatoms. The van der Waals surface area contributed by atoms with Crippen molar-refractivity contribution < 1.29 is 9.59 Å². The maximum absolute atomic E-state index is 11.3. The molecule has 66 valence electrons. The van der Waals surface area contributed by atoms with Crippen LogP contribution in [0.25, 0.3) is 0 Å². The van der Waals surface area contributed by atoms with Crippen LogP contribution in [0.3, 0.4) is 0 Å². The number of likely N-dealkylation sites (N-methyl/N-ethyl adjacent to an activating group) is 2. The zero-order chi connectivity index (χ0) is 9.46. The fraction of sp³-hybridized carbons (Fsp3) is 0.429. The molecule has 1 heterocycles. The Morgan fingerprint density at radius 1 is 1.33 bits per heavy atom. The summed E-state index contributed by atoms with van der Waals surface area (Å²) in [4.78, 5) is 23.6. The van der Waals surface area contributed by atoms with E-state index >= 15 is 0 Å². The molecule has 0 N–H and O–H groups in total. The van der Waals surface area contributed by atoms with E-state index in [1.54, 1.807) is 14.0 Å². The first-order valence-corrected chi connectivity index (χ1v) is 3.82. The quantitative estimate of drug-likeness (QED) is 0.464. The maximum atomic E-state index is 11.3. The van der Waals surface area contributed by atoms with E-state index in [-0.39, 0.29) is 11.8 Å². The Labute approximate surface area is 76.4 Å². The van der Waals surface area contributed by atoms with Crippen molar-refractivity contribution in [3.8, 4) is 0 Å². The van der Waals surface area contributed by atoms with Crippen LogP contribution in [0.1, 0.15) is 6.92 Å². The molecule has 0 spiro atoms. The van der Waals surface area contributed by atoms with Gasteiger partial charge >= 0.3 is 0 Å². The van der Waals surface area contributed by atoms with Crippen molar-refractivity contribution in [2.75, 3.05) is 14.1 Å². The predicted octanol–water partition coefficient (Wildman–Crippen LogP) is 0.0356. The van der Waals surface area contributed by atoms with Crippen molar-refractivity contribution in [1.29, 1.82) is 0 Å². The van der Waals surface area contributed by atoms with Crippen LogP contribution >= 0.6 is 12.8 Å². The Morgan fingerprint density at radius 3 is 2.00 bits per heavy atom. The van der Waals surface area contributed by atoms with Gasteiger partial charge in [0.2, 0.25) is 0 Å². The minimum Gasteiger partial charge on any atom is -0.317 e. The molecule has 0 saturated carbocycles. The molecular formula is C7H10N2O2S. The van der Waals surface area contributed by atoms with Crippen LogP contribution in [0.15, 0.2) is 11.3 Å². The molecule has 1 aliphatic rings. The molecule has 1 aliphatic heterocycles. The third-order valence-corrected chi connectivity index (χ3v) is 2.01. The van der Waals surface area contributed by atoms with Crippen molar-refractivity contribution in [2.45, 2.75) is 6.92 Å². The van der Waals surface area contributed by atoms with Crippen LogP contribution in [0.4, 0.5) is 0 Å². The molecule has 0 bridgehead atoms. The largest absolute Gasteiger partial charge is 0.317 e. The van der Waals surface area contributed by atoms with Crippen molar-refractivity contribution in [3.05, 3.63) is 11.3 Å².